The fourth-order valence-corrected chi connectivity index (χ4v) is 3.96. The van der Waals surface area contributed by atoms with Crippen LogP contribution in [0.2, 0.25) is 5.02 Å². The van der Waals surface area contributed by atoms with Crippen LogP contribution >= 0.6 is 22.9 Å². The predicted octanol–water partition coefficient (Wildman–Crippen LogP) is 4.91. The molecule has 0 fully saturated rings. The van der Waals surface area contributed by atoms with Crippen LogP contribution in [-0.2, 0) is 11.2 Å². The van der Waals surface area contributed by atoms with Crippen LogP contribution in [0, 0.1) is 0 Å². The molecule has 0 spiro atoms. The van der Waals surface area contributed by atoms with Gasteiger partial charge in [-0.1, -0.05) is 23.7 Å². The number of carbonyl (C=O) groups excluding carboxylic acids is 1. The Morgan fingerprint density at radius 3 is 2.48 bits per heavy atom. The maximum atomic E-state index is 12.6. The fourth-order valence-electron chi connectivity index (χ4n) is 2.97. The number of amides is 1. The van der Waals surface area contributed by atoms with Crippen LogP contribution < -0.4 is 14.8 Å². The molecule has 29 heavy (non-hydrogen) atoms. The van der Waals surface area contributed by atoms with E-state index in [9.17, 15) is 4.79 Å². The number of rotatable bonds is 6. The topological polar surface area (TPSA) is 64.9 Å². The zero-order valence-corrected chi connectivity index (χ0v) is 17.4. The minimum Gasteiger partial charge on any atom is -0.497 e. The van der Waals surface area contributed by atoms with Crippen molar-refractivity contribution < 1.29 is 14.3 Å². The Balaban J connectivity index is 1.53. The zero-order chi connectivity index (χ0) is 20.4. The number of fused-ring (bicyclic) bond motifs is 1. The summed E-state index contributed by atoms with van der Waals surface area (Å²) in [6.07, 6.45) is 2.15. The first-order valence-corrected chi connectivity index (χ1v) is 10.1. The first kappa shape index (κ1) is 19.3. The predicted molar refractivity (Wildman–Crippen MR) is 115 cm³/mol. The van der Waals surface area contributed by atoms with Gasteiger partial charge in [0.2, 0.25) is 5.91 Å². The molecule has 2 aromatic heterocycles. The molecule has 1 N–H and O–H groups in total. The Labute approximate surface area is 176 Å². The molecule has 148 valence electrons. The van der Waals surface area contributed by atoms with Crippen molar-refractivity contribution in [2.24, 2.45) is 0 Å². The third-order valence-electron chi connectivity index (χ3n) is 4.40. The number of methoxy groups -OCH3 is 2. The first-order chi connectivity index (χ1) is 14.1. The maximum absolute atomic E-state index is 12.6. The second kappa shape index (κ2) is 8.14. The van der Waals surface area contributed by atoms with Gasteiger partial charge in [-0.15, -0.1) is 11.3 Å². The number of hydrogen-bond donors (Lipinski definition) is 1. The molecular formula is C21H18ClN3O3S. The SMILES string of the molecule is COc1cc(NC(=O)Cc2csc3nc(-c4ccc(Cl)cc4)cn23)cc(OC)c1. The molecule has 6 nitrogen and oxygen atoms in total. The summed E-state index contributed by atoms with van der Waals surface area (Å²) in [6, 6.07) is 12.8. The van der Waals surface area contributed by atoms with E-state index in [1.165, 1.54) is 11.3 Å². The molecule has 0 unspecified atom stereocenters. The summed E-state index contributed by atoms with van der Waals surface area (Å²) in [5, 5.41) is 5.52. The van der Waals surface area contributed by atoms with E-state index in [4.69, 9.17) is 21.1 Å². The van der Waals surface area contributed by atoms with Gasteiger partial charge in [-0.05, 0) is 12.1 Å². The van der Waals surface area contributed by atoms with Gasteiger partial charge in [0.05, 0.1) is 26.3 Å². The van der Waals surface area contributed by atoms with Crippen molar-refractivity contribution >= 4 is 39.5 Å². The van der Waals surface area contributed by atoms with Gasteiger partial charge in [0.1, 0.15) is 11.5 Å². The second-order valence-corrected chi connectivity index (χ2v) is 7.61. The van der Waals surface area contributed by atoms with Gasteiger partial charge in [0, 0.05) is 51.7 Å². The average Bonchev–Trinajstić information content (AvgIpc) is 3.30. The molecular weight excluding hydrogens is 410 g/mol. The lowest BCUT2D eigenvalue weighted by atomic mass is 10.2. The quantitative estimate of drug-likeness (QED) is 0.474. The zero-order valence-electron chi connectivity index (χ0n) is 15.8. The minimum absolute atomic E-state index is 0.137. The molecule has 0 saturated carbocycles. The van der Waals surface area contributed by atoms with Crippen molar-refractivity contribution in [3.8, 4) is 22.8 Å². The maximum Gasteiger partial charge on any atom is 0.230 e. The van der Waals surface area contributed by atoms with Crippen LogP contribution in [0.15, 0.2) is 54.0 Å². The molecule has 4 rings (SSSR count). The lowest BCUT2D eigenvalue weighted by Gasteiger charge is -2.09. The highest BCUT2D eigenvalue weighted by Crippen LogP contribution is 2.27. The number of nitrogens with one attached hydrogen (secondary N) is 1. The van der Waals surface area contributed by atoms with Gasteiger partial charge in [0.25, 0.3) is 0 Å². The van der Waals surface area contributed by atoms with Crippen molar-refractivity contribution in [1.29, 1.82) is 0 Å². The van der Waals surface area contributed by atoms with Gasteiger partial charge in [0.15, 0.2) is 4.96 Å². The van der Waals surface area contributed by atoms with Crippen molar-refractivity contribution in [2.75, 3.05) is 19.5 Å². The number of nitrogens with zero attached hydrogens (tertiary/aromatic N) is 2. The summed E-state index contributed by atoms with van der Waals surface area (Å²) in [6.45, 7) is 0. The van der Waals surface area contributed by atoms with E-state index < -0.39 is 0 Å². The highest BCUT2D eigenvalue weighted by molar-refractivity contribution is 7.15. The average molecular weight is 428 g/mol. The molecule has 2 aromatic carbocycles. The fraction of sp³-hybridized carbons (Fsp3) is 0.143. The van der Waals surface area contributed by atoms with Crippen LogP contribution in [0.3, 0.4) is 0 Å². The minimum atomic E-state index is -0.137. The van der Waals surface area contributed by atoms with Crippen LogP contribution in [0.1, 0.15) is 5.69 Å². The van der Waals surface area contributed by atoms with Crippen LogP contribution in [0.5, 0.6) is 11.5 Å². The molecule has 0 atom stereocenters. The first-order valence-electron chi connectivity index (χ1n) is 8.80. The molecule has 0 aliphatic carbocycles. The number of halogens is 1. The molecule has 4 aromatic rings. The van der Waals surface area contributed by atoms with Crippen molar-refractivity contribution in [2.45, 2.75) is 6.42 Å². The van der Waals surface area contributed by atoms with E-state index in [2.05, 4.69) is 10.3 Å². The Bertz CT molecular complexity index is 1150. The molecule has 0 radical (unpaired) electrons. The highest BCUT2D eigenvalue weighted by Gasteiger charge is 2.13. The Kier molecular flexibility index (Phi) is 5.42. The number of carbonyl (C=O) groups is 1. The monoisotopic (exact) mass is 427 g/mol. The van der Waals surface area contributed by atoms with Gasteiger partial charge >= 0.3 is 0 Å². The standard InChI is InChI=1S/C21H18ClN3O3S/c1-27-17-7-15(8-18(10-17)28-2)23-20(26)9-16-12-29-21-24-19(11-25(16)21)13-3-5-14(22)6-4-13/h3-8,10-12H,9H2,1-2H3,(H,23,26). The number of aromatic nitrogens is 2. The summed E-state index contributed by atoms with van der Waals surface area (Å²) >= 11 is 7.46. The highest BCUT2D eigenvalue weighted by atomic mass is 35.5. The van der Waals surface area contributed by atoms with E-state index in [0.29, 0.717) is 22.2 Å². The molecule has 2 heterocycles. The number of thiazole rings is 1. The van der Waals surface area contributed by atoms with Gasteiger partial charge in [-0.2, -0.15) is 0 Å². The van der Waals surface area contributed by atoms with Gasteiger partial charge in [-0.3, -0.25) is 9.20 Å². The number of benzene rings is 2. The van der Waals surface area contributed by atoms with E-state index in [1.807, 2.05) is 40.2 Å². The van der Waals surface area contributed by atoms with Crippen molar-refractivity contribution in [1.82, 2.24) is 9.38 Å². The molecule has 1 amide bonds. The molecule has 0 aliphatic heterocycles. The Hall–Kier alpha value is -3.03. The second-order valence-electron chi connectivity index (χ2n) is 6.34. The lowest BCUT2D eigenvalue weighted by Crippen LogP contribution is -2.15. The number of imidazole rings is 1. The number of ether oxygens (including phenoxy) is 2. The van der Waals surface area contributed by atoms with E-state index in [-0.39, 0.29) is 12.3 Å². The van der Waals surface area contributed by atoms with E-state index in [1.54, 1.807) is 32.4 Å². The third kappa shape index (κ3) is 4.21. The van der Waals surface area contributed by atoms with E-state index in [0.717, 1.165) is 21.9 Å². The van der Waals surface area contributed by atoms with Crippen LogP contribution in [0.4, 0.5) is 5.69 Å². The number of anilines is 1. The smallest absolute Gasteiger partial charge is 0.230 e. The molecule has 0 saturated heterocycles. The Morgan fingerprint density at radius 2 is 1.83 bits per heavy atom. The summed E-state index contributed by atoms with van der Waals surface area (Å²) in [7, 11) is 3.14. The molecule has 8 heteroatoms. The van der Waals surface area contributed by atoms with Crippen molar-refractivity contribution in [3.05, 3.63) is 64.8 Å². The summed E-state index contributed by atoms with van der Waals surface area (Å²) in [5.41, 5.74) is 3.30. The molecule has 0 bridgehead atoms. The summed E-state index contributed by atoms with van der Waals surface area (Å²) in [5.74, 6) is 1.08. The van der Waals surface area contributed by atoms with Gasteiger partial charge in [-0.25, -0.2) is 4.98 Å². The van der Waals surface area contributed by atoms with Crippen LogP contribution in [0.25, 0.3) is 16.2 Å². The van der Waals surface area contributed by atoms with E-state index >= 15 is 0 Å². The summed E-state index contributed by atoms with van der Waals surface area (Å²) < 4.78 is 12.4. The Morgan fingerprint density at radius 1 is 1.14 bits per heavy atom. The summed E-state index contributed by atoms with van der Waals surface area (Å²) in [4.78, 5) is 18.1. The normalized spacial score (nSPS) is 10.9. The number of hydrogen-bond acceptors (Lipinski definition) is 5. The molecule has 0 aliphatic rings. The van der Waals surface area contributed by atoms with Crippen LogP contribution in [-0.4, -0.2) is 29.5 Å². The lowest BCUT2D eigenvalue weighted by molar-refractivity contribution is -0.115. The largest absolute Gasteiger partial charge is 0.497 e. The van der Waals surface area contributed by atoms with Gasteiger partial charge < -0.3 is 14.8 Å². The van der Waals surface area contributed by atoms with Crippen molar-refractivity contribution in [3.63, 3.8) is 0 Å². The third-order valence-corrected chi connectivity index (χ3v) is 5.54.